The van der Waals surface area contributed by atoms with E-state index in [2.05, 4.69) is 22.6 Å². The third kappa shape index (κ3) is 3.05. The molecule has 0 atom stereocenters. The average Bonchev–Trinajstić information content (AvgIpc) is 2.34. The highest BCUT2D eigenvalue weighted by Crippen LogP contribution is 2.27. The Labute approximate surface area is 123 Å². The summed E-state index contributed by atoms with van der Waals surface area (Å²) in [6, 6.07) is 3.30. The van der Waals surface area contributed by atoms with Gasteiger partial charge in [-0.15, -0.1) is 0 Å². The average molecular weight is 386 g/mol. The standard InChI is InChI=1S/C11H10Cl2INO2/c12-7-5-8(10(14)9(13)6-7)11(16)15-1-3-17-4-2-15/h5-6H,1-4H2. The summed E-state index contributed by atoms with van der Waals surface area (Å²) in [5, 5.41) is 0.988. The molecule has 1 aromatic carbocycles. The van der Waals surface area contributed by atoms with Gasteiger partial charge in [0, 0.05) is 21.7 Å². The summed E-state index contributed by atoms with van der Waals surface area (Å²) in [5.74, 6) is -0.0397. The molecule has 0 aromatic heterocycles. The highest BCUT2D eigenvalue weighted by atomic mass is 127. The molecule has 0 aliphatic carbocycles. The summed E-state index contributed by atoms with van der Waals surface area (Å²) in [6.45, 7) is 2.38. The Hall–Kier alpha value is -0.0400. The van der Waals surface area contributed by atoms with Crippen LogP contribution in [0, 0.1) is 3.57 Å². The number of hydrogen-bond acceptors (Lipinski definition) is 2. The molecule has 6 heteroatoms. The zero-order valence-electron chi connectivity index (χ0n) is 8.88. The minimum absolute atomic E-state index is 0.0397. The highest BCUT2D eigenvalue weighted by Gasteiger charge is 2.21. The van der Waals surface area contributed by atoms with Crippen LogP contribution in [0.1, 0.15) is 10.4 Å². The van der Waals surface area contributed by atoms with Crippen LogP contribution in [0.25, 0.3) is 0 Å². The number of carbonyl (C=O) groups is 1. The molecule has 0 bridgehead atoms. The van der Waals surface area contributed by atoms with E-state index in [1.165, 1.54) is 0 Å². The lowest BCUT2D eigenvalue weighted by atomic mass is 10.2. The number of carbonyl (C=O) groups excluding carboxylic acids is 1. The van der Waals surface area contributed by atoms with Crippen LogP contribution >= 0.6 is 45.8 Å². The lowest BCUT2D eigenvalue weighted by Crippen LogP contribution is -2.41. The smallest absolute Gasteiger partial charge is 0.255 e. The molecule has 0 saturated carbocycles. The molecule has 1 heterocycles. The number of rotatable bonds is 1. The van der Waals surface area contributed by atoms with Crippen LogP contribution in [0.5, 0.6) is 0 Å². The molecular formula is C11H10Cl2INO2. The number of amides is 1. The Morgan fingerprint density at radius 2 is 1.94 bits per heavy atom. The van der Waals surface area contributed by atoms with Crippen LogP contribution < -0.4 is 0 Å². The molecule has 1 saturated heterocycles. The van der Waals surface area contributed by atoms with Crippen molar-refractivity contribution in [3.63, 3.8) is 0 Å². The molecule has 1 aromatic rings. The minimum Gasteiger partial charge on any atom is -0.378 e. The fourth-order valence-corrected chi connectivity index (χ4v) is 2.68. The number of morpholine rings is 1. The first-order valence-electron chi connectivity index (χ1n) is 5.11. The fraction of sp³-hybridized carbons (Fsp3) is 0.364. The van der Waals surface area contributed by atoms with Gasteiger partial charge >= 0.3 is 0 Å². The van der Waals surface area contributed by atoms with E-state index in [0.717, 1.165) is 3.57 Å². The summed E-state index contributed by atoms with van der Waals surface area (Å²) in [7, 11) is 0. The number of nitrogens with zero attached hydrogens (tertiary/aromatic N) is 1. The van der Waals surface area contributed by atoms with Crippen LogP contribution in [0.15, 0.2) is 12.1 Å². The molecule has 0 N–H and O–H groups in total. The Bertz CT molecular complexity index is 447. The molecule has 92 valence electrons. The van der Waals surface area contributed by atoms with Gasteiger partial charge in [0.05, 0.1) is 23.8 Å². The normalized spacial score (nSPS) is 16.1. The minimum atomic E-state index is -0.0397. The van der Waals surface area contributed by atoms with Gasteiger partial charge in [0.2, 0.25) is 0 Å². The van der Waals surface area contributed by atoms with Gasteiger partial charge in [0.15, 0.2) is 0 Å². The van der Waals surface area contributed by atoms with Crippen molar-refractivity contribution in [1.82, 2.24) is 4.90 Å². The largest absolute Gasteiger partial charge is 0.378 e. The van der Waals surface area contributed by atoms with Crippen LogP contribution in [0.4, 0.5) is 0 Å². The lowest BCUT2D eigenvalue weighted by molar-refractivity contribution is 0.0302. The molecule has 3 nitrogen and oxygen atoms in total. The van der Waals surface area contributed by atoms with Gasteiger partial charge in [-0.05, 0) is 34.7 Å². The Morgan fingerprint density at radius 1 is 1.29 bits per heavy atom. The van der Waals surface area contributed by atoms with Crippen molar-refractivity contribution in [3.8, 4) is 0 Å². The topological polar surface area (TPSA) is 29.5 Å². The monoisotopic (exact) mass is 385 g/mol. The summed E-state index contributed by atoms with van der Waals surface area (Å²) in [4.78, 5) is 14.0. The van der Waals surface area contributed by atoms with Crippen LogP contribution in [-0.2, 0) is 4.74 Å². The second kappa shape index (κ2) is 5.73. The van der Waals surface area contributed by atoms with E-state index in [-0.39, 0.29) is 5.91 Å². The van der Waals surface area contributed by atoms with Crippen molar-refractivity contribution in [2.75, 3.05) is 26.3 Å². The molecule has 1 fully saturated rings. The van der Waals surface area contributed by atoms with Crippen molar-refractivity contribution in [2.24, 2.45) is 0 Å². The van der Waals surface area contributed by atoms with E-state index in [4.69, 9.17) is 27.9 Å². The molecule has 1 aliphatic rings. The van der Waals surface area contributed by atoms with E-state index < -0.39 is 0 Å². The van der Waals surface area contributed by atoms with E-state index in [0.29, 0.717) is 41.9 Å². The number of ether oxygens (including phenoxy) is 1. The zero-order chi connectivity index (χ0) is 12.4. The molecule has 2 rings (SSSR count). The molecule has 17 heavy (non-hydrogen) atoms. The Morgan fingerprint density at radius 3 is 2.59 bits per heavy atom. The zero-order valence-corrected chi connectivity index (χ0v) is 12.6. The highest BCUT2D eigenvalue weighted by molar-refractivity contribution is 14.1. The second-order valence-corrected chi connectivity index (χ2v) is 5.58. The summed E-state index contributed by atoms with van der Waals surface area (Å²) in [5.41, 5.74) is 0.560. The van der Waals surface area contributed by atoms with Crippen LogP contribution in [-0.4, -0.2) is 37.1 Å². The first kappa shape index (κ1) is 13.4. The molecule has 1 amide bonds. The summed E-state index contributed by atoms with van der Waals surface area (Å²) < 4.78 is 5.96. The molecule has 0 unspecified atom stereocenters. The third-order valence-electron chi connectivity index (χ3n) is 2.52. The van der Waals surface area contributed by atoms with Crippen molar-refractivity contribution in [1.29, 1.82) is 0 Å². The molecule has 1 aliphatic heterocycles. The van der Waals surface area contributed by atoms with Crippen molar-refractivity contribution >= 4 is 51.7 Å². The van der Waals surface area contributed by atoms with E-state index >= 15 is 0 Å². The molecular weight excluding hydrogens is 376 g/mol. The first-order chi connectivity index (χ1) is 8.09. The van der Waals surface area contributed by atoms with E-state index in [9.17, 15) is 4.79 Å². The van der Waals surface area contributed by atoms with E-state index in [1.807, 2.05) is 0 Å². The van der Waals surface area contributed by atoms with Gasteiger partial charge in [0.25, 0.3) is 5.91 Å². The van der Waals surface area contributed by atoms with Gasteiger partial charge in [-0.1, -0.05) is 23.2 Å². The third-order valence-corrected chi connectivity index (χ3v) is 4.52. The molecule has 0 spiro atoms. The van der Waals surface area contributed by atoms with Gasteiger partial charge in [0.1, 0.15) is 0 Å². The fourth-order valence-electron chi connectivity index (χ4n) is 1.65. The maximum atomic E-state index is 12.3. The SMILES string of the molecule is O=C(c1cc(Cl)cc(Cl)c1I)N1CCOCC1. The van der Waals surface area contributed by atoms with Crippen LogP contribution in [0.2, 0.25) is 10.0 Å². The summed E-state index contributed by atoms with van der Waals surface area (Å²) >= 11 is 14.0. The predicted molar refractivity (Wildman–Crippen MR) is 75.9 cm³/mol. The predicted octanol–water partition coefficient (Wildman–Crippen LogP) is 3.07. The lowest BCUT2D eigenvalue weighted by Gasteiger charge is -2.27. The van der Waals surface area contributed by atoms with Gasteiger partial charge in [-0.3, -0.25) is 4.79 Å². The quantitative estimate of drug-likeness (QED) is 0.549. The number of halogens is 3. The number of hydrogen-bond donors (Lipinski definition) is 0. The van der Waals surface area contributed by atoms with Crippen molar-refractivity contribution in [2.45, 2.75) is 0 Å². The van der Waals surface area contributed by atoms with Gasteiger partial charge in [-0.25, -0.2) is 0 Å². The Balaban J connectivity index is 2.29. The maximum absolute atomic E-state index is 12.3. The second-order valence-electron chi connectivity index (χ2n) is 3.65. The molecule has 0 radical (unpaired) electrons. The Kier molecular flexibility index (Phi) is 4.52. The van der Waals surface area contributed by atoms with Crippen molar-refractivity contribution in [3.05, 3.63) is 31.3 Å². The van der Waals surface area contributed by atoms with Gasteiger partial charge in [-0.2, -0.15) is 0 Å². The van der Waals surface area contributed by atoms with Gasteiger partial charge < -0.3 is 9.64 Å². The first-order valence-corrected chi connectivity index (χ1v) is 6.94. The van der Waals surface area contributed by atoms with Crippen molar-refractivity contribution < 1.29 is 9.53 Å². The number of benzene rings is 1. The maximum Gasteiger partial charge on any atom is 0.255 e. The summed E-state index contributed by atoms with van der Waals surface area (Å²) in [6.07, 6.45) is 0. The van der Waals surface area contributed by atoms with Crippen LogP contribution in [0.3, 0.4) is 0 Å². The van der Waals surface area contributed by atoms with E-state index in [1.54, 1.807) is 17.0 Å².